The Hall–Kier alpha value is -0.0400. The molecule has 1 heteroatoms. The number of likely N-dealkylation sites (tertiary alicyclic amines) is 1. The van der Waals surface area contributed by atoms with Crippen molar-refractivity contribution >= 4 is 0 Å². The molecule has 1 atom stereocenters. The highest BCUT2D eigenvalue weighted by molar-refractivity contribution is 4.73. The van der Waals surface area contributed by atoms with Gasteiger partial charge in [-0.3, -0.25) is 0 Å². The summed E-state index contributed by atoms with van der Waals surface area (Å²) >= 11 is 0. The summed E-state index contributed by atoms with van der Waals surface area (Å²) in [6.07, 6.45) is 4.17. The maximum absolute atomic E-state index is 2.46. The molecule has 0 amide bonds. The van der Waals surface area contributed by atoms with Crippen LogP contribution in [0.4, 0.5) is 0 Å². The summed E-state index contributed by atoms with van der Waals surface area (Å²) in [5, 5.41) is 0. The van der Waals surface area contributed by atoms with E-state index in [-0.39, 0.29) is 0 Å². The molecule has 1 nitrogen and oxygen atoms in total. The molecule has 48 valence electrons. The molecule has 0 aromatic heterocycles. The molecule has 0 radical (unpaired) electrons. The van der Waals surface area contributed by atoms with Gasteiger partial charge in [0.05, 0.1) is 0 Å². The van der Waals surface area contributed by atoms with Crippen LogP contribution in [0.3, 0.4) is 0 Å². The summed E-state index contributed by atoms with van der Waals surface area (Å²) in [6.45, 7) is 3.59. The van der Waals surface area contributed by atoms with E-state index in [1.165, 1.54) is 25.8 Å². The quantitative estimate of drug-likeness (QED) is 0.498. The summed E-state index contributed by atoms with van der Waals surface area (Å²) < 4.78 is 0. The third kappa shape index (κ3) is 1.03. The van der Waals surface area contributed by atoms with E-state index in [1.54, 1.807) is 0 Å². The fourth-order valence-corrected chi connectivity index (χ4v) is 1.50. The molecule has 1 aliphatic heterocycles. The highest BCUT2D eigenvalue weighted by atomic mass is 15.1. The average Bonchev–Trinajstić information content (AvgIpc) is 2.14. The molecule has 8 heavy (non-hydrogen) atoms. The molecule has 0 spiro atoms. The molecule has 1 aliphatic rings. The minimum atomic E-state index is 0.898. The largest absolute Gasteiger partial charge is 0.303 e. The molecular weight excluding hydrogens is 98.1 g/mol. The Morgan fingerprint density at radius 1 is 1.62 bits per heavy atom. The van der Waals surface area contributed by atoms with Crippen molar-refractivity contribution in [2.24, 2.45) is 0 Å². The molecule has 1 heterocycles. The summed E-state index contributed by atoms with van der Waals surface area (Å²) in [7, 11) is 2.22. The van der Waals surface area contributed by atoms with E-state index in [9.17, 15) is 0 Å². The monoisotopic (exact) mass is 113 g/mol. The molecule has 0 bridgehead atoms. The van der Waals surface area contributed by atoms with E-state index in [4.69, 9.17) is 0 Å². The lowest BCUT2D eigenvalue weighted by atomic mass is 10.2. The minimum absolute atomic E-state index is 0.898. The Kier molecular flexibility index (Phi) is 1.90. The van der Waals surface area contributed by atoms with E-state index in [0.717, 1.165) is 6.04 Å². The van der Waals surface area contributed by atoms with Crippen molar-refractivity contribution < 1.29 is 0 Å². The molecule has 0 aliphatic carbocycles. The van der Waals surface area contributed by atoms with Gasteiger partial charge in [0.1, 0.15) is 0 Å². The number of rotatable bonds is 1. The van der Waals surface area contributed by atoms with Gasteiger partial charge in [-0.15, -0.1) is 0 Å². The highest BCUT2D eigenvalue weighted by Crippen LogP contribution is 2.16. The van der Waals surface area contributed by atoms with Crippen LogP contribution in [-0.2, 0) is 0 Å². The second kappa shape index (κ2) is 2.49. The van der Waals surface area contributed by atoms with Gasteiger partial charge in [-0.25, -0.2) is 0 Å². The van der Waals surface area contributed by atoms with E-state index in [2.05, 4.69) is 18.9 Å². The lowest BCUT2D eigenvalue weighted by Crippen LogP contribution is -2.23. The second-order valence-electron chi connectivity index (χ2n) is 2.68. The zero-order chi connectivity index (χ0) is 5.98. The van der Waals surface area contributed by atoms with Crippen LogP contribution in [0, 0.1) is 0 Å². The SMILES string of the molecule is CCC1CCCN1C. The van der Waals surface area contributed by atoms with Crippen molar-refractivity contribution in [3.05, 3.63) is 0 Å². The van der Waals surface area contributed by atoms with E-state index in [1.807, 2.05) is 0 Å². The fraction of sp³-hybridized carbons (Fsp3) is 1.00. The molecule has 0 aromatic rings. The van der Waals surface area contributed by atoms with Gasteiger partial charge in [-0.2, -0.15) is 0 Å². The van der Waals surface area contributed by atoms with Crippen molar-refractivity contribution in [1.82, 2.24) is 4.90 Å². The first-order valence-corrected chi connectivity index (χ1v) is 3.55. The zero-order valence-corrected chi connectivity index (χ0v) is 5.85. The highest BCUT2D eigenvalue weighted by Gasteiger charge is 2.17. The smallest absolute Gasteiger partial charge is 0.00900 e. The fourth-order valence-electron chi connectivity index (χ4n) is 1.50. The van der Waals surface area contributed by atoms with Crippen molar-refractivity contribution in [1.29, 1.82) is 0 Å². The summed E-state index contributed by atoms with van der Waals surface area (Å²) in [6, 6.07) is 0.898. The molecule has 0 aromatic carbocycles. The van der Waals surface area contributed by atoms with Crippen LogP contribution in [0.15, 0.2) is 0 Å². The van der Waals surface area contributed by atoms with Crippen LogP contribution in [0.2, 0.25) is 0 Å². The summed E-state index contributed by atoms with van der Waals surface area (Å²) in [4.78, 5) is 2.46. The van der Waals surface area contributed by atoms with Gasteiger partial charge in [0.15, 0.2) is 0 Å². The predicted molar refractivity (Wildman–Crippen MR) is 35.9 cm³/mol. The Bertz CT molecular complexity index is 70.8. The standard InChI is InChI=1S/C7H15N/c1-3-7-5-4-6-8(7)2/h7H,3-6H2,1-2H3. The molecular formula is C7H15N. The van der Waals surface area contributed by atoms with Crippen molar-refractivity contribution in [3.63, 3.8) is 0 Å². The van der Waals surface area contributed by atoms with Crippen molar-refractivity contribution in [2.45, 2.75) is 32.2 Å². The summed E-state index contributed by atoms with van der Waals surface area (Å²) in [5.74, 6) is 0. The van der Waals surface area contributed by atoms with Crippen molar-refractivity contribution in [2.75, 3.05) is 13.6 Å². The molecule has 0 N–H and O–H groups in total. The van der Waals surface area contributed by atoms with E-state index in [0.29, 0.717) is 0 Å². The van der Waals surface area contributed by atoms with Gasteiger partial charge in [-0.05, 0) is 32.9 Å². The zero-order valence-electron chi connectivity index (χ0n) is 5.85. The lowest BCUT2D eigenvalue weighted by molar-refractivity contribution is 0.304. The van der Waals surface area contributed by atoms with Gasteiger partial charge < -0.3 is 4.90 Å². The second-order valence-corrected chi connectivity index (χ2v) is 2.68. The third-order valence-corrected chi connectivity index (χ3v) is 2.14. The van der Waals surface area contributed by atoms with Crippen molar-refractivity contribution in [3.8, 4) is 0 Å². The van der Waals surface area contributed by atoms with Gasteiger partial charge in [0.25, 0.3) is 0 Å². The van der Waals surface area contributed by atoms with E-state index >= 15 is 0 Å². The first-order valence-electron chi connectivity index (χ1n) is 3.55. The van der Waals surface area contributed by atoms with Gasteiger partial charge in [0.2, 0.25) is 0 Å². The van der Waals surface area contributed by atoms with Gasteiger partial charge >= 0.3 is 0 Å². The van der Waals surface area contributed by atoms with Gasteiger partial charge in [-0.1, -0.05) is 6.92 Å². The Balaban J connectivity index is 2.30. The lowest BCUT2D eigenvalue weighted by Gasteiger charge is -2.16. The first-order chi connectivity index (χ1) is 3.84. The molecule has 1 unspecified atom stereocenters. The molecule has 0 saturated carbocycles. The number of hydrogen-bond acceptors (Lipinski definition) is 1. The Labute approximate surface area is 51.7 Å². The number of nitrogens with zero attached hydrogens (tertiary/aromatic N) is 1. The average molecular weight is 113 g/mol. The first kappa shape index (κ1) is 6.09. The van der Waals surface area contributed by atoms with Crippen LogP contribution in [0.1, 0.15) is 26.2 Å². The molecule has 1 fully saturated rings. The Morgan fingerprint density at radius 3 is 2.62 bits per heavy atom. The molecule has 1 saturated heterocycles. The normalized spacial score (nSPS) is 31.5. The van der Waals surface area contributed by atoms with E-state index < -0.39 is 0 Å². The Morgan fingerprint density at radius 2 is 2.38 bits per heavy atom. The van der Waals surface area contributed by atoms with Crippen LogP contribution in [0.25, 0.3) is 0 Å². The predicted octanol–water partition coefficient (Wildman–Crippen LogP) is 1.49. The third-order valence-electron chi connectivity index (χ3n) is 2.14. The topological polar surface area (TPSA) is 3.24 Å². The number of hydrogen-bond donors (Lipinski definition) is 0. The van der Waals surface area contributed by atoms with Crippen LogP contribution in [-0.4, -0.2) is 24.5 Å². The van der Waals surface area contributed by atoms with Crippen LogP contribution in [0.5, 0.6) is 0 Å². The van der Waals surface area contributed by atoms with Gasteiger partial charge in [0, 0.05) is 6.04 Å². The minimum Gasteiger partial charge on any atom is -0.303 e. The maximum Gasteiger partial charge on any atom is 0.00900 e. The molecule has 1 rings (SSSR count). The van der Waals surface area contributed by atoms with Crippen LogP contribution >= 0.6 is 0 Å². The maximum atomic E-state index is 2.46. The van der Waals surface area contributed by atoms with Crippen LogP contribution < -0.4 is 0 Å². The summed E-state index contributed by atoms with van der Waals surface area (Å²) in [5.41, 5.74) is 0.